The summed E-state index contributed by atoms with van der Waals surface area (Å²) < 4.78 is 7.01. The van der Waals surface area contributed by atoms with Crippen molar-refractivity contribution in [3.05, 3.63) is 28.7 Å². The van der Waals surface area contributed by atoms with Crippen molar-refractivity contribution in [2.24, 2.45) is 0 Å². The van der Waals surface area contributed by atoms with Crippen molar-refractivity contribution in [1.29, 1.82) is 0 Å². The van der Waals surface area contributed by atoms with Gasteiger partial charge in [0.15, 0.2) is 5.82 Å². The molecule has 0 aromatic carbocycles. The minimum atomic E-state index is -0.190. The summed E-state index contributed by atoms with van der Waals surface area (Å²) in [4.78, 5) is 13.7. The van der Waals surface area contributed by atoms with E-state index in [1.54, 1.807) is 24.0 Å². The molecule has 0 saturated heterocycles. The second-order valence-corrected chi connectivity index (χ2v) is 4.23. The van der Waals surface area contributed by atoms with E-state index in [0.29, 0.717) is 22.5 Å². The van der Waals surface area contributed by atoms with Crippen LogP contribution in [0.5, 0.6) is 0 Å². The molecular formula is C10H11BrN4O2. The van der Waals surface area contributed by atoms with E-state index in [1.165, 1.54) is 11.2 Å². The predicted molar refractivity (Wildman–Crippen MR) is 64.8 cm³/mol. The zero-order valence-corrected chi connectivity index (χ0v) is 11.0. The van der Waals surface area contributed by atoms with Gasteiger partial charge in [0, 0.05) is 19.7 Å². The first kappa shape index (κ1) is 11.8. The SMILES string of the molecule is CCn1ncc(Br)c1C(=O)N(C)c1ccon1. The Morgan fingerprint density at radius 3 is 3.00 bits per heavy atom. The molecule has 0 aliphatic rings. The van der Waals surface area contributed by atoms with Crippen LogP contribution in [0.4, 0.5) is 5.82 Å². The van der Waals surface area contributed by atoms with Crippen molar-refractivity contribution in [1.82, 2.24) is 14.9 Å². The fourth-order valence-corrected chi connectivity index (χ4v) is 1.92. The van der Waals surface area contributed by atoms with Crippen molar-refractivity contribution in [2.45, 2.75) is 13.5 Å². The number of carbonyl (C=O) groups is 1. The largest absolute Gasteiger partial charge is 0.363 e. The van der Waals surface area contributed by atoms with Crippen LogP contribution in [0, 0.1) is 0 Å². The van der Waals surface area contributed by atoms with Gasteiger partial charge in [0.25, 0.3) is 5.91 Å². The maximum absolute atomic E-state index is 12.3. The lowest BCUT2D eigenvalue weighted by Gasteiger charge is -2.14. The van der Waals surface area contributed by atoms with Gasteiger partial charge in [-0.1, -0.05) is 5.16 Å². The van der Waals surface area contributed by atoms with Gasteiger partial charge in [-0.3, -0.25) is 14.4 Å². The Hall–Kier alpha value is -1.63. The molecular weight excluding hydrogens is 288 g/mol. The average molecular weight is 299 g/mol. The summed E-state index contributed by atoms with van der Waals surface area (Å²) in [7, 11) is 1.64. The number of halogens is 1. The molecule has 0 N–H and O–H groups in total. The van der Waals surface area contributed by atoms with E-state index in [4.69, 9.17) is 4.52 Å². The molecule has 2 rings (SSSR count). The Balaban J connectivity index is 2.34. The topological polar surface area (TPSA) is 64.2 Å². The minimum Gasteiger partial charge on any atom is -0.363 e. The number of amides is 1. The summed E-state index contributed by atoms with van der Waals surface area (Å²) in [6.07, 6.45) is 3.03. The number of carbonyl (C=O) groups excluding carboxylic acids is 1. The van der Waals surface area contributed by atoms with Gasteiger partial charge in [0.2, 0.25) is 0 Å². The van der Waals surface area contributed by atoms with E-state index >= 15 is 0 Å². The average Bonchev–Trinajstić information content (AvgIpc) is 2.96. The fraction of sp³-hybridized carbons (Fsp3) is 0.300. The molecule has 0 saturated carbocycles. The highest BCUT2D eigenvalue weighted by Gasteiger charge is 2.22. The Morgan fingerprint density at radius 1 is 1.65 bits per heavy atom. The number of nitrogens with zero attached hydrogens (tertiary/aromatic N) is 4. The van der Waals surface area contributed by atoms with Crippen LogP contribution in [0.2, 0.25) is 0 Å². The second-order valence-electron chi connectivity index (χ2n) is 3.38. The Morgan fingerprint density at radius 2 is 2.41 bits per heavy atom. The first-order valence-electron chi connectivity index (χ1n) is 5.05. The van der Waals surface area contributed by atoms with Gasteiger partial charge in [0.1, 0.15) is 12.0 Å². The third-order valence-corrected chi connectivity index (χ3v) is 2.95. The predicted octanol–water partition coefficient (Wildman–Crippen LogP) is 1.93. The molecule has 0 atom stereocenters. The lowest BCUT2D eigenvalue weighted by Crippen LogP contribution is -2.29. The van der Waals surface area contributed by atoms with E-state index < -0.39 is 0 Å². The van der Waals surface area contributed by atoms with E-state index in [2.05, 4.69) is 26.2 Å². The molecule has 2 heterocycles. The van der Waals surface area contributed by atoms with E-state index in [1.807, 2.05) is 6.92 Å². The molecule has 0 aliphatic carbocycles. The molecule has 6 nitrogen and oxygen atoms in total. The van der Waals surface area contributed by atoms with Crippen molar-refractivity contribution in [2.75, 3.05) is 11.9 Å². The van der Waals surface area contributed by atoms with Gasteiger partial charge in [-0.2, -0.15) is 5.10 Å². The fourth-order valence-electron chi connectivity index (χ4n) is 1.46. The van der Waals surface area contributed by atoms with Crippen LogP contribution < -0.4 is 4.90 Å². The van der Waals surface area contributed by atoms with E-state index in [-0.39, 0.29) is 5.91 Å². The smallest absolute Gasteiger partial charge is 0.278 e. The summed E-state index contributed by atoms with van der Waals surface area (Å²) in [5.74, 6) is 0.274. The highest BCUT2D eigenvalue weighted by molar-refractivity contribution is 9.10. The van der Waals surface area contributed by atoms with Gasteiger partial charge in [-0.15, -0.1) is 0 Å². The molecule has 0 unspecified atom stereocenters. The Bertz CT molecular complexity index is 520. The maximum atomic E-state index is 12.3. The number of aromatic nitrogens is 3. The van der Waals surface area contributed by atoms with Crippen LogP contribution >= 0.6 is 15.9 Å². The number of hydrogen-bond donors (Lipinski definition) is 0. The number of anilines is 1. The summed E-state index contributed by atoms with van der Waals surface area (Å²) in [6.45, 7) is 2.55. The number of hydrogen-bond acceptors (Lipinski definition) is 4. The van der Waals surface area contributed by atoms with Gasteiger partial charge in [0.05, 0.1) is 10.7 Å². The van der Waals surface area contributed by atoms with Crippen LogP contribution in [0.3, 0.4) is 0 Å². The zero-order valence-electron chi connectivity index (χ0n) is 9.42. The van der Waals surface area contributed by atoms with Crippen LogP contribution in [0.15, 0.2) is 27.5 Å². The molecule has 7 heteroatoms. The standard InChI is InChI=1S/C10H11BrN4O2/c1-3-15-9(7(11)6-12-15)10(16)14(2)8-4-5-17-13-8/h4-6H,3H2,1-2H3. The highest BCUT2D eigenvalue weighted by Crippen LogP contribution is 2.20. The molecule has 2 aromatic heterocycles. The third-order valence-electron chi connectivity index (χ3n) is 2.37. The first-order chi connectivity index (χ1) is 8.15. The van der Waals surface area contributed by atoms with Crippen LogP contribution in [0.25, 0.3) is 0 Å². The van der Waals surface area contributed by atoms with Crippen molar-refractivity contribution in [3.8, 4) is 0 Å². The molecule has 0 bridgehead atoms. The Labute approximate surface area is 106 Å². The van der Waals surface area contributed by atoms with Crippen LogP contribution in [-0.4, -0.2) is 27.9 Å². The molecule has 0 fully saturated rings. The van der Waals surface area contributed by atoms with Gasteiger partial charge in [-0.25, -0.2) is 0 Å². The zero-order chi connectivity index (χ0) is 12.4. The quantitative estimate of drug-likeness (QED) is 0.868. The Kier molecular flexibility index (Phi) is 3.28. The van der Waals surface area contributed by atoms with E-state index in [9.17, 15) is 4.79 Å². The van der Waals surface area contributed by atoms with Gasteiger partial charge >= 0.3 is 0 Å². The summed E-state index contributed by atoms with van der Waals surface area (Å²) >= 11 is 3.32. The van der Waals surface area contributed by atoms with Gasteiger partial charge < -0.3 is 4.52 Å². The molecule has 1 amide bonds. The molecule has 0 radical (unpaired) electrons. The summed E-state index contributed by atoms with van der Waals surface area (Å²) in [6, 6.07) is 1.62. The monoisotopic (exact) mass is 298 g/mol. The third kappa shape index (κ3) is 2.10. The number of rotatable bonds is 3. The number of aryl methyl sites for hydroxylation is 1. The van der Waals surface area contributed by atoms with E-state index in [0.717, 1.165) is 0 Å². The first-order valence-corrected chi connectivity index (χ1v) is 5.84. The molecule has 0 aliphatic heterocycles. The van der Waals surface area contributed by atoms with Crippen molar-refractivity contribution in [3.63, 3.8) is 0 Å². The van der Waals surface area contributed by atoms with Crippen molar-refractivity contribution >= 4 is 27.7 Å². The van der Waals surface area contributed by atoms with Crippen molar-refractivity contribution < 1.29 is 9.32 Å². The normalized spacial score (nSPS) is 10.5. The van der Waals surface area contributed by atoms with Crippen LogP contribution in [-0.2, 0) is 6.54 Å². The van der Waals surface area contributed by atoms with Crippen LogP contribution in [0.1, 0.15) is 17.4 Å². The molecule has 0 spiro atoms. The summed E-state index contributed by atoms with van der Waals surface area (Å²) in [5.41, 5.74) is 0.498. The lowest BCUT2D eigenvalue weighted by molar-refractivity contribution is 0.0980. The molecule has 90 valence electrons. The summed E-state index contributed by atoms with van der Waals surface area (Å²) in [5, 5.41) is 7.81. The second kappa shape index (κ2) is 4.70. The minimum absolute atomic E-state index is 0.190. The van der Waals surface area contributed by atoms with Gasteiger partial charge in [-0.05, 0) is 22.9 Å². The maximum Gasteiger partial charge on any atom is 0.278 e. The highest BCUT2D eigenvalue weighted by atomic mass is 79.9. The molecule has 17 heavy (non-hydrogen) atoms. The molecule has 2 aromatic rings. The lowest BCUT2D eigenvalue weighted by atomic mass is 10.3.